The fourth-order valence-corrected chi connectivity index (χ4v) is 3.76. The van der Waals surface area contributed by atoms with Crippen molar-refractivity contribution in [3.8, 4) is 11.4 Å². The molecule has 0 radical (unpaired) electrons. The number of halogens is 2. The van der Waals surface area contributed by atoms with E-state index < -0.39 is 0 Å². The Balaban J connectivity index is 1.68. The van der Waals surface area contributed by atoms with E-state index in [1.807, 2.05) is 12.1 Å². The fraction of sp³-hybridized carbons (Fsp3) is 0.200. The molecule has 5 nitrogen and oxygen atoms in total. The SMILES string of the molecule is COc1cccc2c1CCN(c1cnn(-c3ccc(Cl)cc3)c(=O)c1Cl)C2. The highest BCUT2D eigenvalue weighted by atomic mass is 35.5. The number of fused-ring (bicyclic) bond motifs is 1. The molecule has 2 heterocycles. The molecule has 1 aliphatic heterocycles. The highest BCUT2D eigenvalue weighted by molar-refractivity contribution is 6.33. The highest BCUT2D eigenvalue weighted by Gasteiger charge is 2.23. The molecule has 1 aliphatic rings. The number of hydrogen-bond acceptors (Lipinski definition) is 4. The Morgan fingerprint density at radius 1 is 1.11 bits per heavy atom. The lowest BCUT2D eigenvalue weighted by molar-refractivity contribution is 0.407. The lowest BCUT2D eigenvalue weighted by Gasteiger charge is -2.31. The van der Waals surface area contributed by atoms with Gasteiger partial charge in [0, 0.05) is 23.7 Å². The molecule has 0 fully saturated rings. The Kier molecular flexibility index (Phi) is 4.81. The van der Waals surface area contributed by atoms with Gasteiger partial charge < -0.3 is 9.64 Å². The molecule has 3 aromatic rings. The number of aromatic nitrogens is 2. The first-order valence-corrected chi connectivity index (χ1v) is 9.27. The molecule has 2 aromatic carbocycles. The maximum atomic E-state index is 12.8. The van der Waals surface area contributed by atoms with Gasteiger partial charge in [0.2, 0.25) is 0 Å². The molecule has 0 aliphatic carbocycles. The summed E-state index contributed by atoms with van der Waals surface area (Å²) in [5, 5.41) is 5.07. The van der Waals surface area contributed by atoms with Crippen molar-refractivity contribution in [2.45, 2.75) is 13.0 Å². The number of nitrogens with zero attached hydrogens (tertiary/aromatic N) is 3. The first-order chi connectivity index (χ1) is 13.1. The van der Waals surface area contributed by atoms with E-state index in [2.05, 4.69) is 16.1 Å². The average molecular weight is 402 g/mol. The zero-order chi connectivity index (χ0) is 19.0. The smallest absolute Gasteiger partial charge is 0.292 e. The second-order valence-corrected chi connectivity index (χ2v) is 7.12. The van der Waals surface area contributed by atoms with Crippen molar-refractivity contribution in [3.05, 3.63) is 80.2 Å². The van der Waals surface area contributed by atoms with Crippen molar-refractivity contribution in [3.63, 3.8) is 0 Å². The van der Waals surface area contributed by atoms with E-state index in [1.54, 1.807) is 37.6 Å². The van der Waals surface area contributed by atoms with Crippen molar-refractivity contribution < 1.29 is 4.74 Å². The number of hydrogen-bond donors (Lipinski definition) is 0. The van der Waals surface area contributed by atoms with Gasteiger partial charge >= 0.3 is 0 Å². The number of rotatable bonds is 3. The monoisotopic (exact) mass is 401 g/mol. The molecule has 0 N–H and O–H groups in total. The van der Waals surface area contributed by atoms with E-state index in [1.165, 1.54) is 15.8 Å². The first-order valence-electron chi connectivity index (χ1n) is 8.52. The van der Waals surface area contributed by atoms with Gasteiger partial charge in [-0.1, -0.05) is 35.3 Å². The van der Waals surface area contributed by atoms with Crippen molar-refractivity contribution in [2.75, 3.05) is 18.6 Å². The summed E-state index contributed by atoms with van der Waals surface area (Å²) in [5.41, 5.74) is 3.27. The predicted octanol–water partition coefficient (Wildman–Crippen LogP) is 4.11. The molecule has 0 amide bonds. The third kappa shape index (κ3) is 3.29. The van der Waals surface area contributed by atoms with Gasteiger partial charge in [-0.05, 0) is 42.3 Å². The summed E-state index contributed by atoms with van der Waals surface area (Å²) in [6, 6.07) is 12.9. The summed E-state index contributed by atoms with van der Waals surface area (Å²) >= 11 is 12.3. The van der Waals surface area contributed by atoms with Crippen LogP contribution < -0.4 is 15.2 Å². The molecule has 0 bridgehead atoms. The van der Waals surface area contributed by atoms with Gasteiger partial charge in [0.25, 0.3) is 5.56 Å². The Bertz CT molecular complexity index is 1050. The molecule has 1 aromatic heterocycles. The molecular formula is C20H17Cl2N3O2. The van der Waals surface area contributed by atoms with E-state index >= 15 is 0 Å². The average Bonchev–Trinajstić information content (AvgIpc) is 2.70. The van der Waals surface area contributed by atoms with E-state index in [9.17, 15) is 4.79 Å². The molecule has 27 heavy (non-hydrogen) atoms. The molecule has 7 heteroatoms. The third-order valence-electron chi connectivity index (χ3n) is 4.76. The minimum absolute atomic E-state index is 0.159. The van der Waals surface area contributed by atoms with Crippen LogP contribution in [-0.4, -0.2) is 23.4 Å². The molecule has 0 atom stereocenters. The van der Waals surface area contributed by atoms with Crippen molar-refractivity contribution in [2.24, 2.45) is 0 Å². The summed E-state index contributed by atoms with van der Waals surface area (Å²) in [4.78, 5) is 14.8. The highest BCUT2D eigenvalue weighted by Crippen LogP contribution is 2.32. The topological polar surface area (TPSA) is 47.4 Å². The van der Waals surface area contributed by atoms with Gasteiger partial charge in [0.1, 0.15) is 10.8 Å². The summed E-state index contributed by atoms with van der Waals surface area (Å²) in [7, 11) is 1.68. The molecule has 0 unspecified atom stereocenters. The van der Waals surface area contributed by atoms with Gasteiger partial charge in [0.05, 0.1) is 24.7 Å². The van der Waals surface area contributed by atoms with Crippen LogP contribution in [0.25, 0.3) is 5.69 Å². The van der Waals surface area contributed by atoms with E-state index in [4.69, 9.17) is 27.9 Å². The zero-order valence-corrected chi connectivity index (χ0v) is 16.2. The Hall–Kier alpha value is -2.50. The van der Waals surface area contributed by atoms with Crippen LogP contribution in [0, 0.1) is 0 Å². The lowest BCUT2D eigenvalue weighted by Crippen LogP contribution is -2.33. The minimum Gasteiger partial charge on any atom is -0.496 e. The Labute approximate surface area is 166 Å². The normalized spacial score (nSPS) is 13.4. The lowest BCUT2D eigenvalue weighted by atomic mass is 9.98. The third-order valence-corrected chi connectivity index (χ3v) is 5.36. The van der Waals surface area contributed by atoms with Crippen LogP contribution >= 0.6 is 23.2 Å². The summed E-state index contributed by atoms with van der Waals surface area (Å²) < 4.78 is 6.73. The van der Waals surface area contributed by atoms with Crippen molar-refractivity contribution >= 4 is 28.9 Å². The van der Waals surface area contributed by atoms with Gasteiger partial charge in [-0.3, -0.25) is 4.79 Å². The summed E-state index contributed by atoms with van der Waals surface area (Å²) in [5.74, 6) is 0.898. The second kappa shape index (κ2) is 7.25. The maximum Gasteiger partial charge on any atom is 0.292 e. The molecule has 0 saturated carbocycles. The van der Waals surface area contributed by atoms with Crippen LogP contribution in [0.4, 0.5) is 5.69 Å². The Morgan fingerprint density at radius 2 is 1.89 bits per heavy atom. The predicted molar refractivity (Wildman–Crippen MR) is 108 cm³/mol. The van der Waals surface area contributed by atoms with Crippen molar-refractivity contribution in [1.29, 1.82) is 0 Å². The van der Waals surface area contributed by atoms with E-state index in [0.717, 1.165) is 18.7 Å². The van der Waals surface area contributed by atoms with Crippen LogP contribution in [0.2, 0.25) is 10.0 Å². The summed E-state index contributed by atoms with van der Waals surface area (Å²) in [6.45, 7) is 1.39. The molecule has 0 spiro atoms. The van der Waals surface area contributed by atoms with Crippen LogP contribution in [-0.2, 0) is 13.0 Å². The van der Waals surface area contributed by atoms with Gasteiger partial charge in [-0.25, -0.2) is 0 Å². The molecule has 4 rings (SSSR count). The standard InChI is InChI=1S/C20H17Cl2N3O2/c1-27-18-4-2-3-13-12-24(10-9-16(13)18)17-11-23-25(20(26)19(17)22)15-7-5-14(21)6-8-15/h2-8,11H,9-10,12H2,1H3. The summed E-state index contributed by atoms with van der Waals surface area (Å²) in [6.07, 6.45) is 2.46. The Morgan fingerprint density at radius 3 is 2.63 bits per heavy atom. The quantitative estimate of drug-likeness (QED) is 0.662. The number of methoxy groups -OCH3 is 1. The van der Waals surface area contributed by atoms with E-state index in [-0.39, 0.29) is 10.6 Å². The fourth-order valence-electron chi connectivity index (χ4n) is 3.38. The van der Waals surface area contributed by atoms with Crippen LogP contribution in [0.1, 0.15) is 11.1 Å². The van der Waals surface area contributed by atoms with Gasteiger partial charge in [0.15, 0.2) is 0 Å². The minimum atomic E-state index is -0.354. The van der Waals surface area contributed by atoms with Crippen LogP contribution in [0.3, 0.4) is 0 Å². The zero-order valence-electron chi connectivity index (χ0n) is 14.7. The van der Waals surface area contributed by atoms with Gasteiger partial charge in [-0.15, -0.1) is 0 Å². The largest absolute Gasteiger partial charge is 0.496 e. The number of ether oxygens (including phenoxy) is 1. The number of anilines is 1. The number of benzene rings is 2. The molecule has 138 valence electrons. The van der Waals surface area contributed by atoms with Crippen LogP contribution in [0.5, 0.6) is 5.75 Å². The van der Waals surface area contributed by atoms with Crippen molar-refractivity contribution in [1.82, 2.24) is 9.78 Å². The van der Waals surface area contributed by atoms with Gasteiger partial charge in [-0.2, -0.15) is 9.78 Å². The second-order valence-electron chi connectivity index (χ2n) is 6.31. The molecule has 0 saturated heterocycles. The molecular weight excluding hydrogens is 385 g/mol. The maximum absolute atomic E-state index is 12.8. The van der Waals surface area contributed by atoms with E-state index in [0.29, 0.717) is 22.9 Å². The first kappa shape index (κ1) is 17.9. The van der Waals surface area contributed by atoms with Crippen LogP contribution in [0.15, 0.2) is 53.5 Å².